The molecule has 0 aromatic heterocycles. The summed E-state index contributed by atoms with van der Waals surface area (Å²) in [5.74, 6) is 0.0956. The van der Waals surface area contributed by atoms with Crippen molar-refractivity contribution in [2.24, 2.45) is 0 Å². The number of aliphatic hydroxyl groups is 3. The molecule has 1 aliphatic rings. The van der Waals surface area contributed by atoms with Gasteiger partial charge in [-0.05, 0) is 6.92 Å². The van der Waals surface area contributed by atoms with Crippen LogP contribution in [0, 0.1) is 0 Å². The van der Waals surface area contributed by atoms with Crippen molar-refractivity contribution in [1.29, 1.82) is 0 Å². The predicted molar refractivity (Wildman–Crippen MR) is 52.7 cm³/mol. The minimum atomic E-state index is -1.18. The summed E-state index contributed by atoms with van der Waals surface area (Å²) in [5.41, 5.74) is 0. The highest BCUT2D eigenvalue weighted by Gasteiger charge is 2.37. The van der Waals surface area contributed by atoms with Crippen molar-refractivity contribution in [3.63, 3.8) is 0 Å². The predicted octanol–water partition coefficient (Wildman–Crippen LogP) is 0.572. The fraction of sp³-hybridized carbons (Fsp3) is 0.400. The second kappa shape index (κ2) is 4.37. The molecule has 3 N–H and O–H groups in total. The lowest BCUT2D eigenvalue weighted by atomic mass is 10.2. The van der Waals surface area contributed by atoms with Gasteiger partial charge >= 0.3 is 0 Å². The molecule has 2 atom stereocenters. The maximum absolute atomic E-state index is 9.52. The average Bonchev–Trinajstić information content (AvgIpc) is 2.44. The Balaban J connectivity index is 2.92. The van der Waals surface area contributed by atoms with Crippen molar-refractivity contribution in [3.05, 3.63) is 36.2 Å². The molecule has 0 fully saturated rings. The van der Waals surface area contributed by atoms with Crippen LogP contribution in [0.15, 0.2) is 36.2 Å². The quantitative estimate of drug-likeness (QED) is 0.596. The first-order valence-corrected chi connectivity index (χ1v) is 4.38. The zero-order chi connectivity index (χ0) is 11.6. The van der Waals surface area contributed by atoms with Crippen LogP contribution < -0.4 is 0 Å². The first kappa shape index (κ1) is 11.6. The topological polar surface area (TPSA) is 79.2 Å². The maximum Gasteiger partial charge on any atom is 0.200 e. The van der Waals surface area contributed by atoms with E-state index in [1.54, 1.807) is 6.92 Å². The highest BCUT2D eigenvalue weighted by molar-refractivity contribution is 5.29. The molecule has 0 saturated carbocycles. The summed E-state index contributed by atoms with van der Waals surface area (Å²) >= 11 is 0. The van der Waals surface area contributed by atoms with Crippen LogP contribution in [-0.4, -0.2) is 34.1 Å². The Labute approximate surface area is 87.6 Å². The molecule has 0 saturated heterocycles. The minimum absolute atomic E-state index is 0.00347. The van der Waals surface area contributed by atoms with Crippen LogP contribution >= 0.6 is 0 Å². The van der Waals surface area contributed by atoms with Crippen molar-refractivity contribution in [2.45, 2.75) is 19.1 Å². The van der Waals surface area contributed by atoms with Gasteiger partial charge in [-0.1, -0.05) is 13.2 Å². The zero-order valence-corrected chi connectivity index (χ0v) is 8.43. The fourth-order valence-electron chi connectivity index (χ4n) is 1.18. The molecule has 0 spiro atoms. The van der Waals surface area contributed by atoms with Gasteiger partial charge in [0.2, 0.25) is 5.76 Å². The summed E-state index contributed by atoms with van der Waals surface area (Å²) in [6.45, 7) is 8.01. The molecular weight excluding hydrogens is 200 g/mol. The van der Waals surface area contributed by atoms with Gasteiger partial charge in [-0.3, -0.25) is 0 Å². The van der Waals surface area contributed by atoms with Crippen molar-refractivity contribution < 1.29 is 24.8 Å². The molecule has 0 bridgehead atoms. The zero-order valence-electron chi connectivity index (χ0n) is 8.43. The molecule has 0 aromatic carbocycles. The molecule has 84 valence electrons. The van der Waals surface area contributed by atoms with Gasteiger partial charge in [-0.15, -0.1) is 0 Å². The second-order valence-corrected chi connectivity index (χ2v) is 3.23. The Hall–Kier alpha value is -1.46. The average molecular weight is 214 g/mol. The number of rotatable bonds is 4. The van der Waals surface area contributed by atoms with E-state index < -0.39 is 18.8 Å². The van der Waals surface area contributed by atoms with Crippen LogP contribution in [0.1, 0.15) is 6.92 Å². The van der Waals surface area contributed by atoms with E-state index >= 15 is 0 Å². The van der Waals surface area contributed by atoms with Crippen LogP contribution in [0.25, 0.3) is 0 Å². The van der Waals surface area contributed by atoms with Crippen LogP contribution in [0.5, 0.6) is 0 Å². The van der Waals surface area contributed by atoms with Crippen molar-refractivity contribution in [1.82, 2.24) is 0 Å². The molecule has 5 nitrogen and oxygen atoms in total. The number of aliphatic hydroxyl groups excluding tert-OH is 3. The number of hydrogen-bond donors (Lipinski definition) is 3. The van der Waals surface area contributed by atoms with Crippen molar-refractivity contribution in [2.75, 3.05) is 6.61 Å². The molecule has 1 aliphatic heterocycles. The van der Waals surface area contributed by atoms with E-state index in [-0.39, 0.29) is 17.3 Å². The lowest BCUT2D eigenvalue weighted by Crippen LogP contribution is -2.31. The number of ether oxygens (including phenoxy) is 2. The van der Waals surface area contributed by atoms with Gasteiger partial charge in [-0.25, -0.2) is 0 Å². The number of allylic oxidation sites excluding steroid dienone is 1. The summed E-state index contributed by atoms with van der Waals surface area (Å²) in [6, 6.07) is 0. The van der Waals surface area contributed by atoms with E-state index in [4.69, 9.17) is 14.6 Å². The molecule has 0 amide bonds. The van der Waals surface area contributed by atoms with Gasteiger partial charge < -0.3 is 24.8 Å². The van der Waals surface area contributed by atoms with Crippen LogP contribution in [0.3, 0.4) is 0 Å². The van der Waals surface area contributed by atoms with Gasteiger partial charge in [0, 0.05) is 0 Å². The molecule has 0 aromatic rings. The van der Waals surface area contributed by atoms with Gasteiger partial charge in [0.25, 0.3) is 0 Å². The summed E-state index contributed by atoms with van der Waals surface area (Å²) < 4.78 is 10.2. The molecule has 1 heterocycles. The molecule has 0 radical (unpaired) electrons. The second-order valence-electron chi connectivity index (χ2n) is 3.23. The van der Waals surface area contributed by atoms with E-state index in [0.717, 1.165) is 0 Å². The Morgan fingerprint density at radius 2 is 2.27 bits per heavy atom. The normalized spacial score (nSPS) is 22.6. The van der Waals surface area contributed by atoms with Gasteiger partial charge in [0.1, 0.15) is 6.10 Å². The Kier molecular flexibility index (Phi) is 3.39. The maximum atomic E-state index is 9.52. The molecule has 15 heavy (non-hydrogen) atoms. The highest BCUT2D eigenvalue weighted by Crippen LogP contribution is 2.31. The lowest BCUT2D eigenvalue weighted by Gasteiger charge is -2.18. The number of hydrogen-bond acceptors (Lipinski definition) is 5. The monoisotopic (exact) mass is 214 g/mol. The summed E-state index contributed by atoms with van der Waals surface area (Å²) in [4.78, 5) is 0. The third-order valence-corrected chi connectivity index (χ3v) is 1.85. The van der Waals surface area contributed by atoms with Crippen LogP contribution in [0.4, 0.5) is 0 Å². The Morgan fingerprint density at radius 1 is 1.67 bits per heavy atom. The Morgan fingerprint density at radius 3 is 2.73 bits per heavy atom. The first-order valence-electron chi connectivity index (χ1n) is 4.38. The van der Waals surface area contributed by atoms with E-state index in [1.807, 2.05) is 0 Å². The van der Waals surface area contributed by atoms with Gasteiger partial charge in [0.05, 0.1) is 12.4 Å². The molecule has 0 aliphatic carbocycles. The molecular formula is C10H14O5. The van der Waals surface area contributed by atoms with E-state index in [0.29, 0.717) is 5.76 Å². The summed E-state index contributed by atoms with van der Waals surface area (Å²) in [7, 11) is 0. The van der Waals surface area contributed by atoms with Gasteiger partial charge in [0.15, 0.2) is 17.6 Å². The van der Waals surface area contributed by atoms with Crippen LogP contribution in [0.2, 0.25) is 0 Å². The SMILES string of the molecule is C=C(C)OC1=C(O)C(=C)O[C@@H]1[C@@H](O)CO. The molecule has 0 unspecified atom stereocenters. The highest BCUT2D eigenvalue weighted by atomic mass is 16.6. The lowest BCUT2D eigenvalue weighted by molar-refractivity contribution is -0.0193. The first-order chi connectivity index (χ1) is 6.97. The minimum Gasteiger partial charge on any atom is -0.502 e. The van der Waals surface area contributed by atoms with E-state index in [9.17, 15) is 10.2 Å². The van der Waals surface area contributed by atoms with Crippen molar-refractivity contribution >= 4 is 0 Å². The summed E-state index contributed by atoms with van der Waals surface area (Å²) in [5, 5.41) is 27.7. The third kappa shape index (κ3) is 2.31. The fourth-order valence-corrected chi connectivity index (χ4v) is 1.18. The smallest absolute Gasteiger partial charge is 0.200 e. The Bertz CT molecular complexity index is 318. The van der Waals surface area contributed by atoms with E-state index in [2.05, 4.69) is 13.2 Å². The standard InChI is InChI=1S/C10H14O5/c1-5(2)14-10-8(13)6(3)15-9(10)7(12)4-11/h7,9,11-13H,1,3-4H2,2H3/t7-,9+/m0/s1. The molecule has 5 heteroatoms. The van der Waals surface area contributed by atoms with Crippen LogP contribution in [-0.2, 0) is 9.47 Å². The van der Waals surface area contributed by atoms with Gasteiger partial charge in [-0.2, -0.15) is 0 Å². The summed E-state index contributed by atoms with van der Waals surface area (Å²) in [6.07, 6.45) is -2.13. The van der Waals surface area contributed by atoms with E-state index in [1.165, 1.54) is 0 Å². The molecule has 1 rings (SSSR count). The van der Waals surface area contributed by atoms with Crippen molar-refractivity contribution in [3.8, 4) is 0 Å². The largest absolute Gasteiger partial charge is 0.502 e. The third-order valence-electron chi connectivity index (χ3n) is 1.85.